The lowest BCUT2D eigenvalue weighted by atomic mass is 9.68. The largest absolute Gasteiger partial charge is 0.478 e. The van der Waals surface area contributed by atoms with Crippen molar-refractivity contribution in [3.8, 4) is 0 Å². The number of rotatable bonds is 1. The zero-order chi connectivity index (χ0) is 9.26. The van der Waals surface area contributed by atoms with Gasteiger partial charge in [-0.2, -0.15) is 0 Å². The summed E-state index contributed by atoms with van der Waals surface area (Å²) in [6.45, 7) is 0. The van der Waals surface area contributed by atoms with E-state index in [0.717, 1.165) is 6.42 Å². The minimum absolute atomic E-state index is 0.387. The van der Waals surface area contributed by atoms with Gasteiger partial charge >= 0.3 is 5.97 Å². The quantitative estimate of drug-likeness (QED) is 0.673. The Morgan fingerprint density at radius 1 is 1.23 bits per heavy atom. The number of aliphatic carboxylic acids is 1. The maximum Gasteiger partial charge on any atom is 0.331 e. The van der Waals surface area contributed by atoms with Gasteiger partial charge in [-0.05, 0) is 24.7 Å². The molecular formula is C11H16O2. The summed E-state index contributed by atoms with van der Waals surface area (Å²) in [5.74, 6) is 0.283. The van der Waals surface area contributed by atoms with E-state index >= 15 is 0 Å². The van der Waals surface area contributed by atoms with Crippen LogP contribution in [-0.4, -0.2) is 11.1 Å². The molecule has 0 aliphatic heterocycles. The molecule has 72 valence electrons. The number of carbonyl (C=O) groups is 1. The SMILES string of the molecule is O=C(O)C1=CC2CCCCCCC12. The van der Waals surface area contributed by atoms with E-state index < -0.39 is 5.97 Å². The predicted octanol–water partition coefficient (Wildman–Crippen LogP) is 2.60. The molecule has 2 atom stereocenters. The van der Waals surface area contributed by atoms with Crippen molar-refractivity contribution in [3.05, 3.63) is 11.6 Å². The third kappa shape index (κ3) is 1.62. The van der Waals surface area contributed by atoms with E-state index in [1.54, 1.807) is 0 Å². The first-order valence-electron chi connectivity index (χ1n) is 5.24. The van der Waals surface area contributed by atoms with Crippen LogP contribution in [0.15, 0.2) is 11.6 Å². The summed E-state index contributed by atoms with van der Waals surface area (Å²) in [4.78, 5) is 10.8. The minimum Gasteiger partial charge on any atom is -0.478 e. The fourth-order valence-corrected chi connectivity index (χ4v) is 2.56. The first-order valence-corrected chi connectivity index (χ1v) is 5.24. The van der Waals surface area contributed by atoms with Crippen LogP contribution in [0.25, 0.3) is 0 Å². The van der Waals surface area contributed by atoms with Crippen molar-refractivity contribution in [1.82, 2.24) is 0 Å². The molecule has 0 aromatic rings. The van der Waals surface area contributed by atoms with Crippen molar-refractivity contribution in [2.45, 2.75) is 38.5 Å². The smallest absolute Gasteiger partial charge is 0.331 e. The van der Waals surface area contributed by atoms with E-state index in [2.05, 4.69) is 0 Å². The Labute approximate surface area is 78.6 Å². The number of fused-ring (bicyclic) bond motifs is 1. The Balaban J connectivity index is 2.03. The highest BCUT2D eigenvalue weighted by Crippen LogP contribution is 2.41. The highest BCUT2D eigenvalue weighted by Gasteiger charge is 2.35. The Kier molecular flexibility index (Phi) is 2.38. The molecule has 0 spiro atoms. The number of allylic oxidation sites excluding steroid dienone is 1. The topological polar surface area (TPSA) is 37.3 Å². The van der Waals surface area contributed by atoms with Crippen LogP contribution in [0.1, 0.15) is 38.5 Å². The molecule has 2 aliphatic carbocycles. The zero-order valence-corrected chi connectivity index (χ0v) is 7.83. The monoisotopic (exact) mass is 180 g/mol. The van der Waals surface area contributed by atoms with Gasteiger partial charge in [0.25, 0.3) is 0 Å². The Morgan fingerprint density at radius 2 is 1.92 bits per heavy atom. The lowest BCUT2D eigenvalue weighted by Crippen LogP contribution is -2.30. The molecule has 2 rings (SSSR count). The molecule has 0 saturated heterocycles. The van der Waals surface area contributed by atoms with Gasteiger partial charge in [-0.25, -0.2) is 4.79 Å². The Morgan fingerprint density at radius 3 is 2.62 bits per heavy atom. The van der Waals surface area contributed by atoms with Crippen LogP contribution in [0.3, 0.4) is 0 Å². The summed E-state index contributed by atoms with van der Waals surface area (Å²) in [5.41, 5.74) is 0.687. The Hall–Kier alpha value is -0.790. The van der Waals surface area contributed by atoms with Crippen molar-refractivity contribution in [2.75, 3.05) is 0 Å². The van der Waals surface area contributed by atoms with Gasteiger partial charge < -0.3 is 5.11 Å². The average molecular weight is 180 g/mol. The second-order valence-electron chi connectivity index (χ2n) is 4.19. The van der Waals surface area contributed by atoms with Gasteiger partial charge in [-0.15, -0.1) is 0 Å². The van der Waals surface area contributed by atoms with Crippen LogP contribution in [-0.2, 0) is 4.79 Å². The van der Waals surface area contributed by atoms with Crippen LogP contribution >= 0.6 is 0 Å². The average Bonchev–Trinajstić information content (AvgIpc) is 2.03. The van der Waals surface area contributed by atoms with E-state index in [4.69, 9.17) is 5.11 Å². The van der Waals surface area contributed by atoms with Gasteiger partial charge in [0.2, 0.25) is 0 Å². The maximum absolute atomic E-state index is 10.8. The second kappa shape index (κ2) is 3.52. The summed E-state index contributed by atoms with van der Waals surface area (Å²) in [5, 5.41) is 8.87. The van der Waals surface area contributed by atoms with Crippen molar-refractivity contribution in [2.24, 2.45) is 11.8 Å². The summed E-state index contributed by atoms with van der Waals surface area (Å²) < 4.78 is 0. The number of hydrogen-bond donors (Lipinski definition) is 1. The summed E-state index contributed by atoms with van der Waals surface area (Å²) in [6, 6.07) is 0. The molecule has 1 N–H and O–H groups in total. The molecule has 2 aliphatic rings. The molecule has 0 amide bonds. The van der Waals surface area contributed by atoms with Gasteiger partial charge in [0.1, 0.15) is 0 Å². The molecular weight excluding hydrogens is 164 g/mol. The maximum atomic E-state index is 10.8. The third-order valence-electron chi connectivity index (χ3n) is 3.36. The van der Waals surface area contributed by atoms with Gasteiger partial charge in [0.05, 0.1) is 0 Å². The van der Waals surface area contributed by atoms with Gasteiger partial charge in [-0.3, -0.25) is 0 Å². The fraction of sp³-hybridized carbons (Fsp3) is 0.727. The molecule has 0 heterocycles. The summed E-state index contributed by atoms with van der Waals surface area (Å²) >= 11 is 0. The van der Waals surface area contributed by atoms with Crippen LogP contribution in [0.2, 0.25) is 0 Å². The van der Waals surface area contributed by atoms with Crippen molar-refractivity contribution >= 4 is 5.97 Å². The number of carboxylic acid groups (broad SMARTS) is 1. The number of hydrogen-bond acceptors (Lipinski definition) is 1. The lowest BCUT2D eigenvalue weighted by molar-refractivity contribution is -0.134. The normalized spacial score (nSPS) is 33.4. The molecule has 0 aromatic carbocycles. The first-order chi connectivity index (χ1) is 6.29. The fourth-order valence-electron chi connectivity index (χ4n) is 2.56. The van der Waals surface area contributed by atoms with Gasteiger partial charge in [0.15, 0.2) is 0 Å². The van der Waals surface area contributed by atoms with Gasteiger partial charge in [0, 0.05) is 5.57 Å². The van der Waals surface area contributed by atoms with Crippen molar-refractivity contribution in [1.29, 1.82) is 0 Å². The third-order valence-corrected chi connectivity index (χ3v) is 3.36. The van der Waals surface area contributed by atoms with Crippen LogP contribution in [0.4, 0.5) is 0 Å². The van der Waals surface area contributed by atoms with Crippen molar-refractivity contribution in [3.63, 3.8) is 0 Å². The molecule has 13 heavy (non-hydrogen) atoms. The van der Waals surface area contributed by atoms with E-state index in [-0.39, 0.29) is 0 Å². The molecule has 1 fully saturated rings. The molecule has 2 nitrogen and oxygen atoms in total. The molecule has 2 heteroatoms. The van der Waals surface area contributed by atoms with E-state index in [9.17, 15) is 4.79 Å². The van der Waals surface area contributed by atoms with Crippen LogP contribution in [0.5, 0.6) is 0 Å². The lowest BCUT2D eigenvalue weighted by Gasteiger charge is -2.35. The van der Waals surface area contributed by atoms with Crippen LogP contribution < -0.4 is 0 Å². The molecule has 0 radical (unpaired) electrons. The molecule has 0 aromatic heterocycles. The van der Waals surface area contributed by atoms with E-state index in [0.29, 0.717) is 17.4 Å². The zero-order valence-electron chi connectivity index (χ0n) is 7.83. The minimum atomic E-state index is -0.693. The van der Waals surface area contributed by atoms with Crippen LogP contribution in [0, 0.1) is 11.8 Å². The molecule has 1 saturated carbocycles. The number of carboxylic acids is 1. The van der Waals surface area contributed by atoms with Crippen molar-refractivity contribution < 1.29 is 9.90 Å². The predicted molar refractivity (Wildman–Crippen MR) is 50.4 cm³/mol. The van der Waals surface area contributed by atoms with Gasteiger partial charge in [-0.1, -0.05) is 31.8 Å². The summed E-state index contributed by atoms with van der Waals surface area (Å²) in [7, 11) is 0. The molecule has 2 unspecified atom stereocenters. The molecule has 0 bridgehead atoms. The highest BCUT2D eigenvalue weighted by atomic mass is 16.4. The first kappa shape index (κ1) is 8.79. The van der Waals surface area contributed by atoms with E-state index in [1.807, 2.05) is 6.08 Å². The Bertz CT molecular complexity index is 242. The standard InChI is InChI=1S/C11H16O2/c12-11(13)10-7-8-5-3-1-2-4-6-9(8)10/h7-9H,1-6H2,(H,12,13). The summed E-state index contributed by atoms with van der Waals surface area (Å²) in [6.07, 6.45) is 9.40. The second-order valence-corrected chi connectivity index (χ2v) is 4.19. The van der Waals surface area contributed by atoms with E-state index in [1.165, 1.54) is 32.1 Å². The highest BCUT2D eigenvalue weighted by molar-refractivity contribution is 5.89.